The fraction of sp³-hybridized carbons (Fsp3) is 0.278. The molecule has 0 fully saturated rings. The average Bonchev–Trinajstić information content (AvgIpc) is 3.25. The fourth-order valence-corrected chi connectivity index (χ4v) is 2.91. The van der Waals surface area contributed by atoms with Gasteiger partial charge in [-0.2, -0.15) is 4.68 Å². The summed E-state index contributed by atoms with van der Waals surface area (Å²) in [6.45, 7) is 0.375. The molecular weight excluding hydrogens is 364 g/mol. The summed E-state index contributed by atoms with van der Waals surface area (Å²) in [7, 11) is 3.33. The molecule has 0 aliphatic rings. The zero-order valence-electron chi connectivity index (χ0n) is 15.4. The molecule has 0 saturated carbocycles. The molecule has 0 radical (unpaired) electrons. The SMILES string of the molecule is COc1ccc(CCn2nc(Cn3cnc4ncn(C)c4c3=O)oc2=O)cc1. The number of imidazole rings is 1. The van der Waals surface area contributed by atoms with Gasteiger partial charge in [0.25, 0.3) is 5.56 Å². The normalized spacial score (nSPS) is 11.2. The third-order valence-electron chi connectivity index (χ3n) is 4.43. The van der Waals surface area contributed by atoms with Crippen LogP contribution in [0.4, 0.5) is 0 Å². The lowest BCUT2D eigenvalue weighted by Gasteiger charge is -2.03. The molecule has 0 bridgehead atoms. The third kappa shape index (κ3) is 3.31. The number of aromatic nitrogens is 6. The van der Waals surface area contributed by atoms with Crippen molar-refractivity contribution < 1.29 is 9.15 Å². The predicted octanol–water partition coefficient (Wildman–Crippen LogP) is 0.579. The summed E-state index contributed by atoms with van der Waals surface area (Å²) in [5.74, 6) is 0.352. The van der Waals surface area contributed by atoms with Crippen molar-refractivity contribution in [1.82, 2.24) is 28.9 Å². The molecule has 0 aliphatic carbocycles. The van der Waals surface area contributed by atoms with Crippen molar-refractivity contribution >= 4 is 11.2 Å². The van der Waals surface area contributed by atoms with E-state index in [1.54, 1.807) is 18.7 Å². The maximum absolute atomic E-state index is 12.6. The Hall–Kier alpha value is -3.69. The Labute approximate surface area is 158 Å². The van der Waals surface area contributed by atoms with Crippen LogP contribution >= 0.6 is 0 Å². The first-order valence-corrected chi connectivity index (χ1v) is 8.61. The van der Waals surface area contributed by atoms with Gasteiger partial charge in [-0.1, -0.05) is 12.1 Å². The van der Waals surface area contributed by atoms with Gasteiger partial charge in [-0.3, -0.25) is 9.36 Å². The molecule has 1 aromatic carbocycles. The second-order valence-corrected chi connectivity index (χ2v) is 6.29. The Bertz CT molecular complexity index is 1230. The van der Waals surface area contributed by atoms with Crippen molar-refractivity contribution in [1.29, 1.82) is 0 Å². The molecule has 0 unspecified atom stereocenters. The van der Waals surface area contributed by atoms with Crippen LogP contribution in [0.1, 0.15) is 11.5 Å². The van der Waals surface area contributed by atoms with E-state index in [4.69, 9.17) is 9.15 Å². The first-order chi connectivity index (χ1) is 13.5. The van der Waals surface area contributed by atoms with E-state index < -0.39 is 5.76 Å². The molecule has 0 atom stereocenters. The van der Waals surface area contributed by atoms with Crippen LogP contribution in [0.5, 0.6) is 5.75 Å². The lowest BCUT2D eigenvalue weighted by molar-refractivity contribution is 0.414. The van der Waals surface area contributed by atoms with Crippen LogP contribution in [-0.4, -0.2) is 36.0 Å². The third-order valence-corrected chi connectivity index (χ3v) is 4.43. The highest BCUT2D eigenvalue weighted by atomic mass is 16.5. The molecule has 28 heavy (non-hydrogen) atoms. The number of benzene rings is 1. The van der Waals surface area contributed by atoms with Gasteiger partial charge in [0.05, 0.1) is 20.0 Å². The summed E-state index contributed by atoms with van der Waals surface area (Å²) in [5, 5.41) is 4.19. The van der Waals surface area contributed by atoms with Gasteiger partial charge < -0.3 is 13.7 Å². The largest absolute Gasteiger partial charge is 0.497 e. The molecule has 144 valence electrons. The molecule has 0 N–H and O–H groups in total. The number of fused-ring (bicyclic) bond motifs is 1. The van der Waals surface area contributed by atoms with Crippen LogP contribution in [0.2, 0.25) is 0 Å². The highest BCUT2D eigenvalue weighted by molar-refractivity contribution is 5.68. The molecule has 0 saturated heterocycles. The van der Waals surface area contributed by atoms with Gasteiger partial charge in [0.15, 0.2) is 11.2 Å². The molecule has 10 nitrogen and oxygen atoms in total. The van der Waals surface area contributed by atoms with Gasteiger partial charge in [-0.05, 0) is 24.1 Å². The number of rotatable bonds is 6. The van der Waals surface area contributed by atoms with Crippen molar-refractivity contribution in [2.24, 2.45) is 7.05 Å². The standard InChI is InChI=1S/C18H18N6O4/c1-22-10-19-16-15(22)17(25)23(11-20-16)9-14-21-24(18(26)28-14)8-7-12-3-5-13(27-2)6-4-12/h3-6,10-11H,7-9H2,1-2H3. The Kier molecular flexibility index (Phi) is 4.52. The van der Waals surface area contributed by atoms with Gasteiger partial charge in [0.1, 0.15) is 18.6 Å². The lowest BCUT2D eigenvalue weighted by atomic mass is 10.1. The monoisotopic (exact) mass is 382 g/mol. The maximum atomic E-state index is 12.6. The lowest BCUT2D eigenvalue weighted by Crippen LogP contribution is -2.22. The van der Waals surface area contributed by atoms with E-state index in [9.17, 15) is 9.59 Å². The summed E-state index contributed by atoms with van der Waals surface area (Å²) >= 11 is 0. The molecule has 3 aromatic heterocycles. The van der Waals surface area contributed by atoms with Crippen LogP contribution in [0.15, 0.2) is 50.9 Å². The highest BCUT2D eigenvalue weighted by Crippen LogP contribution is 2.12. The molecule has 10 heteroatoms. The van der Waals surface area contributed by atoms with E-state index in [2.05, 4.69) is 15.1 Å². The fourth-order valence-electron chi connectivity index (χ4n) is 2.91. The molecule has 0 amide bonds. The number of nitrogens with zero attached hydrogens (tertiary/aromatic N) is 6. The summed E-state index contributed by atoms with van der Waals surface area (Å²) in [5.41, 5.74) is 1.51. The predicted molar refractivity (Wildman–Crippen MR) is 99.3 cm³/mol. The molecule has 0 aliphatic heterocycles. The van der Waals surface area contributed by atoms with Crippen LogP contribution in [0.25, 0.3) is 11.2 Å². The van der Waals surface area contributed by atoms with Gasteiger partial charge in [-0.15, -0.1) is 5.10 Å². The number of hydrogen-bond donors (Lipinski definition) is 0. The van der Waals surface area contributed by atoms with E-state index in [0.717, 1.165) is 11.3 Å². The van der Waals surface area contributed by atoms with E-state index in [0.29, 0.717) is 24.1 Å². The average molecular weight is 382 g/mol. The van der Waals surface area contributed by atoms with E-state index in [1.807, 2.05) is 24.3 Å². The minimum Gasteiger partial charge on any atom is -0.497 e. The van der Waals surface area contributed by atoms with Crippen LogP contribution < -0.4 is 16.1 Å². The topological polar surface area (TPSA) is 110 Å². The van der Waals surface area contributed by atoms with E-state index in [-0.39, 0.29) is 18.0 Å². The molecule has 3 heterocycles. The minimum atomic E-state index is -0.564. The van der Waals surface area contributed by atoms with Crippen molar-refractivity contribution in [3.05, 3.63) is 69.3 Å². The second-order valence-electron chi connectivity index (χ2n) is 6.29. The van der Waals surface area contributed by atoms with Crippen LogP contribution in [-0.2, 0) is 26.6 Å². The Morgan fingerprint density at radius 1 is 1.11 bits per heavy atom. The van der Waals surface area contributed by atoms with Crippen molar-refractivity contribution in [2.45, 2.75) is 19.5 Å². The van der Waals surface area contributed by atoms with Crippen molar-refractivity contribution in [2.75, 3.05) is 7.11 Å². The summed E-state index contributed by atoms with van der Waals surface area (Å²) in [4.78, 5) is 32.8. The van der Waals surface area contributed by atoms with E-state index >= 15 is 0 Å². The number of methoxy groups -OCH3 is 1. The summed E-state index contributed by atoms with van der Waals surface area (Å²) < 4.78 is 14.5. The second kappa shape index (κ2) is 7.14. The molecule has 0 spiro atoms. The smallest absolute Gasteiger partial charge is 0.437 e. The van der Waals surface area contributed by atoms with Crippen LogP contribution in [0.3, 0.4) is 0 Å². The Balaban J connectivity index is 1.51. The zero-order chi connectivity index (χ0) is 19.7. The van der Waals surface area contributed by atoms with E-state index in [1.165, 1.54) is 21.9 Å². The summed E-state index contributed by atoms with van der Waals surface area (Å²) in [6, 6.07) is 7.58. The molecule has 4 rings (SSSR count). The first kappa shape index (κ1) is 17.7. The molecular formula is C18H18N6O4. The van der Waals surface area contributed by atoms with Crippen LogP contribution in [0, 0.1) is 0 Å². The maximum Gasteiger partial charge on any atom is 0.437 e. The number of hydrogen-bond acceptors (Lipinski definition) is 7. The number of aryl methyl sites for hydroxylation is 3. The first-order valence-electron chi connectivity index (χ1n) is 8.61. The summed E-state index contributed by atoms with van der Waals surface area (Å²) in [6.07, 6.45) is 3.50. The van der Waals surface area contributed by atoms with Gasteiger partial charge in [-0.25, -0.2) is 14.8 Å². The van der Waals surface area contributed by atoms with Crippen molar-refractivity contribution in [3.63, 3.8) is 0 Å². The van der Waals surface area contributed by atoms with Gasteiger partial charge >= 0.3 is 5.76 Å². The van der Waals surface area contributed by atoms with Crippen molar-refractivity contribution in [3.8, 4) is 5.75 Å². The highest BCUT2D eigenvalue weighted by Gasteiger charge is 2.13. The number of ether oxygens (including phenoxy) is 1. The minimum absolute atomic E-state index is 0.0116. The Morgan fingerprint density at radius 3 is 2.61 bits per heavy atom. The quantitative estimate of drug-likeness (QED) is 0.480. The zero-order valence-corrected chi connectivity index (χ0v) is 15.4. The Morgan fingerprint density at radius 2 is 1.86 bits per heavy atom. The molecule has 4 aromatic rings. The van der Waals surface area contributed by atoms with Gasteiger partial charge in [0.2, 0.25) is 5.89 Å². The van der Waals surface area contributed by atoms with Gasteiger partial charge in [0, 0.05) is 7.05 Å².